The van der Waals surface area contributed by atoms with E-state index < -0.39 is 16.9 Å². The van der Waals surface area contributed by atoms with E-state index in [1.165, 1.54) is 30.7 Å². The molecule has 146 valence electrons. The standard InChI is InChI=1S/C21H23N3O4/c25-20(16-11-13-18(14-12-16)24(27)28)23-19(15-7-3-1-4-8-15)21(26)22-17-9-5-2-6-10-17/h1,3-4,7-8,11-14,17,19H,2,5-6,9-10H2,(H,22,26)(H,23,25). The number of amides is 2. The van der Waals surface area contributed by atoms with Crippen LogP contribution in [0.5, 0.6) is 0 Å². The van der Waals surface area contributed by atoms with Gasteiger partial charge in [-0.25, -0.2) is 0 Å². The van der Waals surface area contributed by atoms with Crippen molar-refractivity contribution in [2.75, 3.05) is 0 Å². The van der Waals surface area contributed by atoms with Crippen molar-refractivity contribution >= 4 is 17.5 Å². The minimum atomic E-state index is -0.828. The van der Waals surface area contributed by atoms with Gasteiger partial charge in [0.2, 0.25) is 5.91 Å². The Kier molecular flexibility index (Phi) is 6.37. The fraction of sp³-hybridized carbons (Fsp3) is 0.333. The zero-order valence-corrected chi connectivity index (χ0v) is 15.5. The van der Waals surface area contributed by atoms with Gasteiger partial charge in [-0.1, -0.05) is 49.6 Å². The molecular formula is C21H23N3O4. The van der Waals surface area contributed by atoms with E-state index in [0.29, 0.717) is 5.56 Å². The second-order valence-electron chi connectivity index (χ2n) is 6.96. The van der Waals surface area contributed by atoms with Gasteiger partial charge in [-0.2, -0.15) is 0 Å². The van der Waals surface area contributed by atoms with E-state index in [9.17, 15) is 19.7 Å². The highest BCUT2D eigenvalue weighted by Crippen LogP contribution is 2.20. The molecule has 2 aromatic rings. The molecule has 0 aliphatic heterocycles. The van der Waals surface area contributed by atoms with E-state index in [1.54, 1.807) is 12.1 Å². The van der Waals surface area contributed by atoms with Crippen LogP contribution < -0.4 is 10.6 Å². The number of nitro groups is 1. The smallest absolute Gasteiger partial charge is 0.269 e. The molecular weight excluding hydrogens is 358 g/mol. The summed E-state index contributed by atoms with van der Waals surface area (Å²) >= 11 is 0. The van der Waals surface area contributed by atoms with Gasteiger partial charge in [-0.3, -0.25) is 19.7 Å². The van der Waals surface area contributed by atoms with Gasteiger partial charge in [-0.05, 0) is 30.5 Å². The van der Waals surface area contributed by atoms with Gasteiger partial charge in [0, 0.05) is 23.7 Å². The van der Waals surface area contributed by atoms with Crippen LogP contribution in [0.25, 0.3) is 0 Å². The zero-order chi connectivity index (χ0) is 19.9. The van der Waals surface area contributed by atoms with Gasteiger partial charge in [0.25, 0.3) is 11.6 Å². The first-order chi connectivity index (χ1) is 13.5. The van der Waals surface area contributed by atoms with Gasteiger partial charge in [0.1, 0.15) is 6.04 Å². The van der Waals surface area contributed by atoms with E-state index in [-0.39, 0.29) is 23.2 Å². The molecule has 3 rings (SSSR count). The molecule has 1 aliphatic carbocycles. The van der Waals surface area contributed by atoms with E-state index in [2.05, 4.69) is 10.6 Å². The Labute approximate surface area is 163 Å². The van der Waals surface area contributed by atoms with Gasteiger partial charge in [0.15, 0.2) is 0 Å². The minimum absolute atomic E-state index is 0.0915. The fourth-order valence-electron chi connectivity index (χ4n) is 3.43. The first-order valence-electron chi connectivity index (χ1n) is 9.45. The SMILES string of the molecule is O=C(NC(C(=O)NC1CCCCC1)c1ccccc1)c1ccc([N+](=O)[O-])cc1. The number of hydrogen-bond acceptors (Lipinski definition) is 4. The van der Waals surface area contributed by atoms with E-state index in [1.807, 2.05) is 18.2 Å². The van der Waals surface area contributed by atoms with Crippen molar-refractivity contribution in [2.45, 2.75) is 44.2 Å². The van der Waals surface area contributed by atoms with Crippen molar-refractivity contribution in [3.63, 3.8) is 0 Å². The van der Waals surface area contributed by atoms with Crippen LogP contribution in [0.4, 0.5) is 5.69 Å². The Morgan fingerprint density at radius 3 is 2.21 bits per heavy atom. The lowest BCUT2D eigenvalue weighted by atomic mass is 9.95. The molecule has 2 N–H and O–H groups in total. The van der Waals surface area contributed by atoms with Gasteiger partial charge >= 0.3 is 0 Å². The van der Waals surface area contributed by atoms with Crippen molar-refractivity contribution < 1.29 is 14.5 Å². The van der Waals surface area contributed by atoms with Crippen LogP contribution in [0.2, 0.25) is 0 Å². The van der Waals surface area contributed by atoms with Crippen LogP contribution in [-0.4, -0.2) is 22.8 Å². The number of nitrogens with zero attached hydrogens (tertiary/aromatic N) is 1. The molecule has 1 unspecified atom stereocenters. The molecule has 2 amide bonds. The third-order valence-corrected chi connectivity index (χ3v) is 4.96. The van der Waals surface area contributed by atoms with Crippen molar-refractivity contribution in [1.29, 1.82) is 0 Å². The number of nitro benzene ring substituents is 1. The highest BCUT2D eigenvalue weighted by atomic mass is 16.6. The average molecular weight is 381 g/mol. The summed E-state index contributed by atoms with van der Waals surface area (Å²) in [6.07, 6.45) is 5.27. The lowest BCUT2D eigenvalue weighted by molar-refractivity contribution is -0.384. The quantitative estimate of drug-likeness (QED) is 0.590. The molecule has 28 heavy (non-hydrogen) atoms. The molecule has 2 aromatic carbocycles. The van der Waals surface area contributed by atoms with Crippen LogP contribution in [0.15, 0.2) is 54.6 Å². The molecule has 1 aliphatic rings. The third-order valence-electron chi connectivity index (χ3n) is 4.96. The molecule has 7 nitrogen and oxygen atoms in total. The summed E-state index contributed by atoms with van der Waals surface area (Å²) in [6, 6.07) is 13.7. The number of benzene rings is 2. The second kappa shape index (κ2) is 9.12. The Morgan fingerprint density at radius 2 is 1.61 bits per heavy atom. The molecule has 0 radical (unpaired) electrons. The van der Waals surface area contributed by atoms with Crippen molar-refractivity contribution in [2.24, 2.45) is 0 Å². The van der Waals surface area contributed by atoms with Crippen molar-refractivity contribution in [3.8, 4) is 0 Å². The molecule has 1 saturated carbocycles. The lowest BCUT2D eigenvalue weighted by Gasteiger charge is -2.26. The highest BCUT2D eigenvalue weighted by Gasteiger charge is 2.26. The van der Waals surface area contributed by atoms with Crippen LogP contribution in [-0.2, 0) is 4.79 Å². The Bertz CT molecular complexity index is 830. The first kappa shape index (κ1) is 19.5. The number of nitrogens with one attached hydrogen (secondary N) is 2. The largest absolute Gasteiger partial charge is 0.351 e. The summed E-state index contributed by atoms with van der Waals surface area (Å²) in [5.74, 6) is -0.698. The van der Waals surface area contributed by atoms with Crippen LogP contribution >= 0.6 is 0 Å². The number of non-ortho nitro benzene ring substituents is 1. The molecule has 1 atom stereocenters. The molecule has 0 saturated heterocycles. The number of carbonyl (C=O) groups excluding carboxylic acids is 2. The van der Waals surface area contributed by atoms with Gasteiger partial charge in [0.05, 0.1) is 4.92 Å². The normalized spacial score (nSPS) is 15.4. The predicted octanol–water partition coefficient (Wildman–Crippen LogP) is 3.51. The predicted molar refractivity (Wildman–Crippen MR) is 105 cm³/mol. The summed E-state index contributed by atoms with van der Waals surface area (Å²) in [5, 5.41) is 16.6. The van der Waals surface area contributed by atoms with Gasteiger partial charge in [-0.15, -0.1) is 0 Å². The Hall–Kier alpha value is -3.22. The minimum Gasteiger partial charge on any atom is -0.351 e. The van der Waals surface area contributed by atoms with Crippen LogP contribution in [0.3, 0.4) is 0 Å². The maximum Gasteiger partial charge on any atom is 0.269 e. The lowest BCUT2D eigenvalue weighted by Crippen LogP contribution is -2.45. The summed E-state index contributed by atoms with van der Waals surface area (Å²) in [5.41, 5.74) is 0.856. The van der Waals surface area contributed by atoms with Gasteiger partial charge < -0.3 is 10.6 Å². The second-order valence-corrected chi connectivity index (χ2v) is 6.96. The summed E-state index contributed by atoms with van der Waals surface area (Å²) in [6.45, 7) is 0. The first-order valence-corrected chi connectivity index (χ1v) is 9.45. The molecule has 0 bridgehead atoms. The monoisotopic (exact) mass is 381 g/mol. The van der Waals surface area contributed by atoms with E-state index >= 15 is 0 Å². The number of hydrogen-bond donors (Lipinski definition) is 2. The van der Waals surface area contributed by atoms with Crippen LogP contribution in [0.1, 0.15) is 54.1 Å². The Balaban J connectivity index is 1.75. The fourth-order valence-corrected chi connectivity index (χ4v) is 3.43. The third kappa shape index (κ3) is 4.94. The number of carbonyl (C=O) groups is 2. The molecule has 0 aromatic heterocycles. The average Bonchev–Trinajstić information content (AvgIpc) is 2.73. The molecule has 0 spiro atoms. The Morgan fingerprint density at radius 1 is 0.964 bits per heavy atom. The van der Waals surface area contributed by atoms with Crippen LogP contribution in [0, 0.1) is 10.1 Å². The maximum absolute atomic E-state index is 12.9. The zero-order valence-electron chi connectivity index (χ0n) is 15.5. The molecule has 7 heteroatoms. The van der Waals surface area contributed by atoms with E-state index in [0.717, 1.165) is 25.7 Å². The molecule has 1 fully saturated rings. The molecule has 0 heterocycles. The topological polar surface area (TPSA) is 101 Å². The summed E-state index contributed by atoms with van der Waals surface area (Å²) < 4.78 is 0. The van der Waals surface area contributed by atoms with Crippen molar-refractivity contribution in [1.82, 2.24) is 10.6 Å². The van der Waals surface area contributed by atoms with E-state index in [4.69, 9.17) is 0 Å². The highest BCUT2D eigenvalue weighted by molar-refractivity contribution is 5.98. The maximum atomic E-state index is 12.9. The number of rotatable bonds is 6. The summed E-state index contributed by atoms with van der Waals surface area (Å²) in [4.78, 5) is 35.8. The van der Waals surface area contributed by atoms with Crippen molar-refractivity contribution in [3.05, 3.63) is 75.8 Å². The summed E-state index contributed by atoms with van der Waals surface area (Å²) in [7, 11) is 0.